The van der Waals surface area contributed by atoms with Crippen molar-refractivity contribution >= 4 is 131 Å². The number of nitrogens with zero attached hydrogens (tertiary/aromatic N) is 7. The Morgan fingerprint density at radius 2 is 0.992 bits per heavy atom. The molecular formula is C81H107BrF6K2N10O21Si2. The Bertz CT molecular complexity index is 4540. The van der Waals surface area contributed by atoms with Crippen LogP contribution in [0.2, 0.25) is 36.3 Å². The number of hydrogen-bond acceptors (Lipinski definition) is 23. The van der Waals surface area contributed by atoms with Gasteiger partial charge in [-0.2, -0.15) is 26.3 Å². The number of nitro groups is 2. The molecule has 6 aromatic carbocycles. The molecule has 6 aliphatic heterocycles. The van der Waals surface area contributed by atoms with Gasteiger partial charge in [0.2, 0.25) is 5.91 Å². The van der Waals surface area contributed by atoms with Crippen LogP contribution in [0.3, 0.4) is 0 Å². The minimum Gasteiger partial charge on any atom is -1.00 e. The minimum absolute atomic E-state index is 0. The predicted octanol–water partition coefficient (Wildman–Crippen LogP) is 8.55. The van der Waals surface area contributed by atoms with Crippen LogP contribution in [-0.4, -0.2) is 176 Å². The van der Waals surface area contributed by atoms with Crippen LogP contribution < -0.4 is 168 Å². The molecule has 0 saturated carbocycles. The number of carbonyl (C=O) groups is 7. The van der Waals surface area contributed by atoms with Gasteiger partial charge in [0, 0.05) is 104 Å². The predicted molar refractivity (Wildman–Crippen MR) is 453 cm³/mol. The number of alkyl halides is 7. The van der Waals surface area contributed by atoms with E-state index in [-0.39, 0.29) is 220 Å². The van der Waals surface area contributed by atoms with Gasteiger partial charge < -0.3 is 90.5 Å². The van der Waals surface area contributed by atoms with E-state index in [0.29, 0.717) is 141 Å². The number of amides is 5. The first-order chi connectivity index (χ1) is 56.3. The number of hydrogen-bond donors (Lipinski definition) is 5. The van der Waals surface area contributed by atoms with Crippen molar-refractivity contribution in [1.82, 2.24) is 0 Å². The second-order valence-corrected chi connectivity index (χ2v) is 41.3. The molecule has 666 valence electrons. The number of fused-ring (bicyclic) bond motifs is 4. The van der Waals surface area contributed by atoms with Crippen LogP contribution in [-0.2, 0) is 59.7 Å². The van der Waals surface area contributed by atoms with E-state index in [2.05, 4.69) is 106 Å². The number of benzene rings is 6. The Balaban J connectivity index is 0.000000520. The standard InChI is InChI=1S/C23H24F3N3O4.C16H24N2O5Si.C16H26N2O3Si.C13H14F3NO2.C8H6N2O4.C3H7Br.CH2O3.CH4.2K.H/c24-23(25,26)16-2-1-3-18(12-16)28-8-6-15(7-9-28)22(32)27-17-4-5-20-19(13-17)29(10-11-30)21(31)14-33-20;1-16(2,3)24(4,5)23-9-8-17-13-10-12(18(20)21)6-7-14(13)22-11-15(17)19;1-16(2,3)22(4,5)21-9-8-18-13-10-12(17)6-7-14(13)20-11-15(18)19;14-13(15,16)10-2-1-3-11(8-10)17-6-4-9(5-7-17)12(18)19;11-8-4-14-7-2-1-5(10(12)13)3-6(7)9-8;1-2-3-4;2-1-4-3;;;;/h1-5,12-13,15,30H,6-11,14H2,(H,27,32);6-7,10H,8-9,11H2,1-5H3;6-7,10H,8-9,11,17H2,1-5H3;1-3,8-9H,4-7H2,(H,18,19);1-3H,4H2,(H,9,11);2-3H2,1H3;1,3H;1H4;;;/q;;;;;;;;2*+1;-1/p-1. The second-order valence-electron chi connectivity index (χ2n) is 30.9. The summed E-state index contributed by atoms with van der Waals surface area (Å²) in [4.78, 5) is 111. The molecule has 42 heteroatoms. The van der Waals surface area contributed by atoms with Gasteiger partial charge in [-0.1, -0.05) is 84.0 Å². The maximum Gasteiger partial charge on any atom is 1.00 e. The van der Waals surface area contributed by atoms with E-state index >= 15 is 0 Å². The van der Waals surface area contributed by atoms with Gasteiger partial charge in [-0.3, -0.25) is 53.8 Å². The third kappa shape index (κ3) is 33.1. The quantitative estimate of drug-likeness (QED) is 0.00740. The molecule has 0 aromatic heterocycles. The molecule has 6 N–H and O–H groups in total. The van der Waals surface area contributed by atoms with Crippen LogP contribution in [0.5, 0.6) is 23.0 Å². The molecule has 0 spiro atoms. The van der Waals surface area contributed by atoms with Gasteiger partial charge in [-0.25, -0.2) is 0 Å². The number of ether oxygens (including phenoxy) is 4. The zero-order valence-electron chi connectivity index (χ0n) is 71.4. The number of carbonyl (C=O) groups excluding carboxylic acids is 6. The molecule has 123 heavy (non-hydrogen) atoms. The van der Waals surface area contributed by atoms with Crippen molar-refractivity contribution in [2.24, 2.45) is 11.8 Å². The summed E-state index contributed by atoms with van der Waals surface area (Å²) in [6, 6.07) is 29.0. The monoisotopic (exact) mass is 1880 g/mol. The zero-order valence-corrected chi connectivity index (χ0v) is 80.3. The molecule has 2 fully saturated rings. The van der Waals surface area contributed by atoms with Crippen LogP contribution in [0.25, 0.3) is 0 Å². The SMILES string of the molecule is C.CC(C)(C)[Si](C)(C)OCCN1C(=O)COc2ccc(N)cc21.CC(C)(C)[Si](C)(C)OCCN1C(=O)COc2ccc([N+](=O)[O-])cc21.CCCBr.O=C(Nc1ccc2c(c1)N(CCO)C(=O)CO2)C1CCN(c2cccc(C(F)(F)F)c2)CC1.O=C(O)C1CCN(c2cccc(C(F)(F)F)c2)CC1.O=C1COc2ccc([N+](=O)[O-])cc2N1.O=CO[O-].[H-].[K+].[K+]. The van der Waals surface area contributed by atoms with Crippen molar-refractivity contribution in [3.8, 4) is 23.0 Å². The van der Waals surface area contributed by atoms with Gasteiger partial charge in [0.05, 0.1) is 69.5 Å². The average molecular weight is 1890 g/mol. The number of aliphatic hydroxyl groups is 1. The van der Waals surface area contributed by atoms with E-state index in [1.54, 1.807) is 58.3 Å². The van der Waals surface area contributed by atoms with E-state index in [1.165, 1.54) is 64.8 Å². The van der Waals surface area contributed by atoms with Crippen LogP contribution in [0.4, 0.5) is 83.2 Å². The molecule has 0 unspecified atom stereocenters. The van der Waals surface area contributed by atoms with Gasteiger partial charge in [0.1, 0.15) is 23.0 Å². The fraction of sp³-hybridized carbons (Fsp3) is 0.469. The first-order valence-corrected chi connectivity index (χ1v) is 45.1. The van der Waals surface area contributed by atoms with Crippen molar-refractivity contribution < 1.29 is 222 Å². The molecule has 0 atom stereocenters. The molecule has 6 aliphatic rings. The Kier molecular flexibility index (Phi) is 44.8. The molecule has 6 heterocycles. The number of carboxylic acid groups (broad SMARTS) is 1. The van der Waals surface area contributed by atoms with E-state index in [9.17, 15) is 80.4 Å². The number of aliphatic carboxylic acids is 1. The van der Waals surface area contributed by atoms with Gasteiger partial charge >= 0.3 is 121 Å². The zero-order chi connectivity index (χ0) is 89.3. The Morgan fingerprint density at radius 1 is 0.610 bits per heavy atom. The number of piperidine rings is 2. The van der Waals surface area contributed by atoms with Gasteiger partial charge in [0.25, 0.3) is 41.5 Å². The van der Waals surface area contributed by atoms with Crippen molar-refractivity contribution in [2.75, 3.05) is 138 Å². The number of nitrogen functional groups attached to an aromatic ring is 1. The third-order valence-corrected chi connectivity index (χ3v) is 30.4. The van der Waals surface area contributed by atoms with E-state index in [0.717, 1.165) is 35.3 Å². The minimum atomic E-state index is -4.40. The third-order valence-electron chi connectivity index (χ3n) is 20.5. The Labute approximate surface area is 807 Å². The summed E-state index contributed by atoms with van der Waals surface area (Å²) in [5.74, 6) is -0.422. The van der Waals surface area contributed by atoms with Gasteiger partial charge in [-0.15, -0.1) is 0 Å². The molecule has 0 radical (unpaired) electrons. The summed E-state index contributed by atoms with van der Waals surface area (Å²) in [6.45, 7) is 27.2. The first kappa shape index (κ1) is 110. The number of halogens is 7. The molecule has 2 saturated heterocycles. The van der Waals surface area contributed by atoms with Gasteiger partial charge in [-0.05, 0) is 153 Å². The molecule has 5 amide bonds. The second kappa shape index (κ2) is 50.2. The number of nitrogens with two attached hydrogens (primary N) is 1. The topological polar surface area (TPSA) is 400 Å². The number of carboxylic acids is 1. The van der Waals surface area contributed by atoms with Crippen LogP contribution in [0, 0.1) is 32.1 Å². The first-order valence-electron chi connectivity index (χ1n) is 38.2. The summed E-state index contributed by atoms with van der Waals surface area (Å²) in [6.07, 6.45) is -5.57. The largest absolute Gasteiger partial charge is 1.00 e. The Hall–Kier alpha value is -7.38. The number of nitro benzene ring substituents is 2. The summed E-state index contributed by atoms with van der Waals surface area (Å²) >= 11 is 3.25. The molecule has 31 nitrogen and oxygen atoms in total. The summed E-state index contributed by atoms with van der Waals surface area (Å²) in [7, 11) is -3.72. The molecule has 0 aliphatic carbocycles. The number of rotatable bonds is 19. The van der Waals surface area contributed by atoms with E-state index in [4.69, 9.17) is 48.7 Å². The van der Waals surface area contributed by atoms with Crippen molar-refractivity contribution in [3.05, 3.63) is 153 Å². The number of β-amino-alcohol motifs (C(OH)–C–C–N with tert-alkyl or cyclic N) is 1. The summed E-state index contributed by atoms with van der Waals surface area (Å²) in [5.41, 5.74) is 8.42. The number of aliphatic hydroxyl groups excluding tert-OH is 1. The van der Waals surface area contributed by atoms with Gasteiger partial charge in [0.15, 0.2) is 43.1 Å². The maximum absolute atomic E-state index is 13.0. The maximum atomic E-state index is 13.0. The van der Waals surface area contributed by atoms with Crippen LogP contribution in [0.15, 0.2) is 121 Å². The van der Waals surface area contributed by atoms with Crippen molar-refractivity contribution in [2.45, 2.75) is 137 Å². The van der Waals surface area contributed by atoms with Crippen LogP contribution >= 0.6 is 15.9 Å². The number of anilines is 8. The van der Waals surface area contributed by atoms with E-state index < -0.39 is 55.9 Å². The average Bonchev–Trinajstić information content (AvgIpc) is 0.805. The number of non-ortho nitro benzene ring substituents is 2. The Morgan fingerprint density at radius 3 is 1.39 bits per heavy atom. The molecular weight excluding hydrogens is 1780 g/mol. The molecule has 12 rings (SSSR count). The normalized spacial score (nSPS) is 14.9. The fourth-order valence-electron chi connectivity index (χ4n) is 11.8. The van der Waals surface area contributed by atoms with Crippen molar-refractivity contribution in [1.29, 1.82) is 0 Å². The van der Waals surface area contributed by atoms with Crippen LogP contribution in [0.1, 0.15) is 101 Å². The van der Waals surface area contributed by atoms with E-state index in [1.807, 2.05) is 4.90 Å². The van der Waals surface area contributed by atoms with Crippen molar-refractivity contribution in [3.63, 3.8) is 0 Å². The number of nitrogens with one attached hydrogen (secondary N) is 2. The summed E-state index contributed by atoms with van der Waals surface area (Å²) in [5, 5.41) is 54.7. The fourth-order valence-corrected chi connectivity index (χ4v) is 13.9. The smallest absolute Gasteiger partial charge is 1.00 e. The molecule has 6 aromatic rings. The summed E-state index contributed by atoms with van der Waals surface area (Å²) < 4.78 is 110. The molecule has 0 bridgehead atoms.